The number of carbonyl (C=O) groups excluding carboxylic acids is 1. The van der Waals surface area contributed by atoms with Crippen LogP contribution in [-0.4, -0.2) is 21.9 Å². The summed E-state index contributed by atoms with van der Waals surface area (Å²) in [7, 11) is 0. The molecule has 0 fully saturated rings. The molecule has 0 aliphatic carbocycles. The topological polar surface area (TPSA) is 68.0 Å². The molecular formula is C22H16BrN3O2S2. The van der Waals surface area contributed by atoms with Crippen LogP contribution in [0.2, 0.25) is 0 Å². The zero-order chi connectivity index (χ0) is 20.8. The molecule has 0 saturated carbocycles. The van der Waals surface area contributed by atoms with E-state index in [1.807, 2.05) is 78.9 Å². The van der Waals surface area contributed by atoms with Gasteiger partial charge in [0.25, 0.3) is 5.22 Å². The van der Waals surface area contributed by atoms with Crippen molar-refractivity contribution in [3.63, 3.8) is 0 Å². The third kappa shape index (κ3) is 5.33. The van der Waals surface area contributed by atoms with E-state index in [1.54, 1.807) is 11.8 Å². The van der Waals surface area contributed by atoms with E-state index >= 15 is 0 Å². The summed E-state index contributed by atoms with van der Waals surface area (Å²) in [5.41, 5.74) is 1.59. The van der Waals surface area contributed by atoms with E-state index in [2.05, 4.69) is 31.4 Å². The van der Waals surface area contributed by atoms with Crippen molar-refractivity contribution in [3.05, 3.63) is 83.3 Å². The average Bonchev–Trinajstić information content (AvgIpc) is 3.24. The van der Waals surface area contributed by atoms with Gasteiger partial charge in [0.05, 0.1) is 17.0 Å². The molecule has 0 bridgehead atoms. The number of anilines is 1. The van der Waals surface area contributed by atoms with Gasteiger partial charge in [-0.1, -0.05) is 66.0 Å². The van der Waals surface area contributed by atoms with E-state index in [9.17, 15) is 4.79 Å². The number of benzene rings is 3. The molecule has 0 saturated heterocycles. The van der Waals surface area contributed by atoms with Gasteiger partial charge in [0, 0.05) is 14.3 Å². The highest BCUT2D eigenvalue weighted by atomic mass is 79.9. The number of rotatable bonds is 7. The number of aromatic nitrogens is 2. The van der Waals surface area contributed by atoms with Gasteiger partial charge in [-0.3, -0.25) is 4.79 Å². The Morgan fingerprint density at radius 3 is 2.50 bits per heavy atom. The molecule has 1 N–H and O–H groups in total. The summed E-state index contributed by atoms with van der Waals surface area (Å²) in [6.45, 7) is 0. The molecule has 0 atom stereocenters. The van der Waals surface area contributed by atoms with Crippen molar-refractivity contribution in [2.75, 3.05) is 11.1 Å². The second kappa shape index (κ2) is 9.97. The smallest absolute Gasteiger partial charge is 0.277 e. The van der Waals surface area contributed by atoms with Gasteiger partial charge in [0.15, 0.2) is 0 Å². The van der Waals surface area contributed by atoms with Crippen molar-refractivity contribution in [3.8, 4) is 11.5 Å². The summed E-state index contributed by atoms with van der Waals surface area (Å²) >= 11 is 6.28. The van der Waals surface area contributed by atoms with E-state index < -0.39 is 0 Å². The molecule has 1 amide bonds. The first kappa shape index (κ1) is 20.7. The van der Waals surface area contributed by atoms with Crippen LogP contribution in [-0.2, 0) is 4.79 Å². The summed E-state index contributed by atoms with van der Waals surface area (Å²) in [5, 5.41) is 11.4. The summed E-state index contributed by atoms with van der Waals surface area (Å²) in [6.07, 6.45) is 0. The first-order valence-electron chi connectivity index (χ1n) is 9.02. The molecule has 3 aromatic carbocycles. The maximum Gasteiger partial charge on any atom is 0.277 e. The van der Waals surface area contributed by atoms with E-state index in [-0.39, 0.29) is 11.7 Å². The zero-order valence-electron chi connectivity index (χ0n) is 15.6. The highest BCUT2D eigenvalue weighted by Crippen LogP contribution is 2.33. The number of amides is 1. The standard InChI is InChI=1S/C22H16BrN3O2S2/c23-17-11-5-4-10-16(17)21-25-26-22(28-21)29-14-20(27)24-18-12-6-7-13-19(18)30-15-8-2-1-3-9-15/h1-13H,14H2,(H,24,27). The maximum atomic E-state index is 12.5. The van der Waals surface area contributed by atoms with Crippen molar-refractivity contribution in [1.29, 1.82) is 0 Å². The van der Waals surface area contributed by atoms with Gasteiger partial charge >= 0.3 is 0 Å². The fourth-order valence-electron chi connectivity index (χ4n) is 2.60. The molecule has 150 valence electrons. The van der Waals surface area contributed by atoms with Crippen LogP contribution in [0.4, 0.5) is 5.69 Å². The fraction of sp³-hybridized carbons (Fsp3) is 0.0455. The Labute approximate surface area is 190 Å². The maximum absolute atomic E-state index is 12.5. The lowest BCUT2D eigenvalue weighted by molar-refractivity contribution is -0.113. The number of nitrogens with zero attached hydrogens (tertiary/aromatic N) is 2. The molecule has 8 heteroatoms. The quantitative estimate of drug-likeness (QED) is 0.298. The van der Waals surface area contributed by atoms with Crippen LogP contribution in [0.15, 0.2) is 103 Å². The SMILES string of the molecule is O=C(CSc1nnc(-c2ccccc2Br)o1)Nc1ccccc1Sc1ccccc1. The minimum absolute atomic E-state index is 0.137. The van der Waals surface area contributed by atoms with Crippen LogP contribution < -0.4 is 5.32 Å². The monoisotopic (exact) mass is 497 g/mol. The fourth-order valence-corrected chi connectivity index (χ4v) is 4.54. The number of para-hydroxylation sites is 1. The molecule has 5 nitrogen and oxygen atoms in total. The Hall–Kier alpha value is -2.55. The Morgan fingerprint density at radius 2 is 1.67 bits per heavy atom. The number of thioether (sulfide) groups is 1. The second-order valence-electron chi connectivity index (χ2n) is 6.10. The Balaban J connectivity index is 1.38. The molecule has 4 rings (SSSR count). The minimum atomic E-state index is -0.137. The van der Waals surface area contributed by atoms with Crippen LogP contribution in [0, 0.1) is 0 Å². The first-order chi connectivity index (χ1) is 14.7. The molecule has 1 aromatic heterocycles. The normalized spacial score (nSPS) is 10.7. The Morgan fingerprint density at radius 1 is 0.933 bits per heavy atom. The number of hydrogen-bond acceptors (Lipinski definition) is 6. The largest absolute Gasteiger partial charge is 0.411 e. The van der Waals surface area contributed by atoms with E-state index in [1.165, 1.54) is 11.8 Å². The second-order valence-corrected chi connectivity index (χ2v) is 9.00. The number of nitrogens with one attached hydrogen (secondary N) is 1. The molecule has 0 radical (unpaired) electrons. The van der Waals surface area contributed by atoms with Gasteiger partial charge in [-0.25, -0.2) is 0 Å². The lowest BCUT2D eigenvalue weighted by Gasteiger charge is -2.10. The van der Waals surface area contributed by atoms with Crippen molar-refractivity contribution >= 4 is 51.0 Å². The predicted octanol–water partition coefficient (Wildman–Crippen LogP) is 6.38. The van der Waals surface area contributed by atoms with Crippen LogP contribution in [0.5, 0.6) is 0 Å². The van der Waals surface area contributed by atoms with Crippen LogP contribution in [0.1, 0.15) is 0 Å². The van der Waals surface area contributed by atoms with Crippen molar-refractivity contribution in [2.45, 2.75) is 15.0 Å². The third-order valence-electron chi connectivity index (χ3n) is 3.97. The van der Waals surface area contributed by atoms with Crippen LogP contribution in [0.3, 0.4) is 0 Å². The molecular weight excluding hydrogens is 482 g/mol. The van der Waals surface area contributed by atoms with Gasteiger partial charge < -0.3 is 9.73 Å². The highest BCUT2D eigenvalue weighted by molar-refractivity contribution is 9.10. The average molecular weight is 498 g/mol. The lowest BCUT2D eigenvalue weighted by Crippen LogP contribution is -2.14. The number of carbonyl (C=O) groups is 1. The van der Waals surface area contributed by atoms with E-state index in [0.717, 1.165) is 25.5 Å². The van der Waals surface area contributed by atoms with E-state index in [4.69, 9.17) is 4.42 Å². The van der Waals surface area contributed by atoms with Crippen molar-refractivity contribution in [1.82, 2.24) is 10.2 Å². The van der Waals surface area contributed by atoms with Crippen LogP contribution in [0.25, 0.3) is 11.5 Å². The summed E-state index contributed by atoms with van der Waals surface area (Å²) in [6, 6.07) is 25.4. The van der Waals surface area contributed by atoms with Crippen molar-refractivity contribution in [2.24, 2.45) is 0 Å². The molecule has 0 aliphatic heterocycles. The van der Waals surface area contributed by atoms with E-state index in [0.29, 0.717) is 11.1 Å². The van der Waals surface area contributed by atoms with Gasteiger partial charge in [0.1, 0.15) is 0 Å². The third-order valence-corrected chi connectivity index (χ3v) is 6.56. The molecule has 0 unspecified atom stereocenters. The number of halogens is 1. The summed E-state index contributed by atoms with van der Waals surface area (Å²) < 4.78 is 6.55. The Bertz CT molecular complexity index is 1150. The highest BCUT2D eigenvalue weighted by Gasteiger charge is 2.14. The predicted molar refractivity (Wildman–Crippen MR) is 124 cm³/mol. The molecule has 0 aliphatic rings. The van der Waals surface area contributed by atoms with Crippen LogP contribution >= 0.6 is 39.5 Å². The summed E-state index contributed by atoms with van der Waals surface area (Å²) in [5.74, 6) is 0.443. The molecule has 1 heterocycles. The van der Waals surface area contributed by atoms with Crippen molar-refractivity contribution < 1.29 is 9.21 Å². The molecule has 0 spiro atoms. The first-order valence-corrected chi connectivity index (χ1v) is 11.6. The van der Waals surface area contributed by atoms with Gasteiger partial charge in [-0.15, -0.1) is 10.2 Å². The zero-order valence-corrected chi connectivity index (χ0v) is 18.8. The van der Waals surface area contributed by atoms with Gasteiger partial charge in [0.2, 0.25) is 11.8 Å². The molecule has 4 aromatic rings. The lowest BCUT2D eigenvalue weighted by atomic mass is 10.2. The van der Waals surface area contributed by atoms with Gasteiger partial charge in [-0.2, -0.15) is 0 Å². The van der Waals surface area contributed by atoms with Gasteiger partial charge in [-0.05, 0) is 52.3 Å². The minimum Gasteiger partial charge on any atom is -0.411 e. The Kier molecular flexibility index (Phi) is 6.88. The summed E-state index contributed by atoms with van der Waals surface area (Å²) in [4.78, 5) is 14.6. The molecule has 30 heavy (non-hydrogen) atoms. The number of hydrogen-bond donors (Lipinski definition) is 1.